The Hall–Kier alpha value is -7.02. The number of nitrogens with zero attached hydrogens (tertiary/aromatic N) is 6. The van der Waals surface area contributed by atoms with Gasteiger partial charge < -0.3 is 124 Å². The van der Waals surface area contributed by atoms with E-state index in [2.05, 4.69) is 226 Å². The Morgan fingerprint density at radius 2 is 0.697 bits per heavy atom. The van der Waals surface area contributed by atoms with Crippen molar-refractivity contribution in [2.24, 2.45) is 0 Å². The molecule has 2 aliphatic rings. The van der Waals surface area contributed by atoms with Gasteiger partial charge in [-0.1, -0.05) is 174 Å². The number of pyridine rings is 6. The minimum Gasteiger partial charge on any atom is -1.00 e. The third-order valence-electron chi connectivity index (χ3n) is 22.0. The van der Waals surface area contributed by atoms with Gasteiger partial charge in [0.1, 0.15) is 26.2 Å². The van der Waals surface area contributed by atoms with E-state index < -0.39 is 0 Å². The van der Waals surface area contributed by atoms with Crippen LogP contribution < -0.4 is 137 Å². The van der Waals surface area contributed by atoms with Crippen molar-refractivity contribution in [1.82, 2.24) is 9.97 Å². The first kappa shape index (κ1) is 89.2. The van der Waals surface area contributed by atoms with E-state index >= 15 is 0 Å². The molecule has 574 valence electrons. The summed E-state index contributed by atoms with van der Waals surface area (Å²) in [5.74, 6) is 13.6. The summed E-state index contributed by atoms with van der Waals surface area (Å²) in [4.78, 5) is 9.98. The molecule has 0 radical (unpaired) electrons. The molecule has 11 nitrogen and oxygen atoms in total. The second-order valence-electron chi connectivity index (χ2n) is 29.4. The fourth-order valence-corrected chi connectivity index (χ4v) is 16.6. The van der Waals surface area contributed by atoms with Gasteiger partial charge in [0.05, 0.1) is 33.2 Å². The van der Waals surface area contributed by atoms with Crippen LogP contribution in [0.15, 0.2) is 194 Å². The molecule has 0 amide bonds. The smallest absolute Gasteiger partial charge is 0.214 e. The van der Waals surface area contributed by atoms with Crippen molar-refractivity contribution in [3.63, 3.8) is 0 Å². The van der Waals surface area contributed by atoms with E-state index in [1.165, 1.54) is 208 Å². The number of unbranched alkanes of at least 4 members (excludes halogenated alkanes) is 16. The molecule has 6 aromatic heterocycles. The Balaban J connectivity index is 0.000000225. The normalized spacial score (nSPS) is 13.2. The van der Waals surface area contributed by atoms with Crippen molar-refractivity contribution in [2.75, 3.05) is 22.9 Å². The second kappa shape index (κ2) is 46.7. The summed E-state index contributed by atoms with van der Waals surface area (Å²) < 4.78 is 9.44. The van der Waals surface area contributed by atoms with Crippen LogP contribution in [-0.4, -0.2) is 15.4 Å². The molecule has 6 heterocycles. The SMILES string of the molecule is Cc1cc(N)c2ccccc2[n+]1CCCC#CC#CCCC[n+]1c(C)cc(N)c2ccccc21.Nc1c2c(nc3ccccc13)CCCC2CCCCCCCCCCC1CCCc2nc3ccccc3c(N)c21.O.[I-].[I-].[I-].[I-].c1ccc2c(c1)ccc[n+]2CCCCCCCCCC[n+]1cccc2ccccc21. The molecule has 0 saturated heterocycles. The fourth-order valence-electron chi connectivity index (χ4n) is 16.6. The molecule has 2 aliphatic carbocycles. The largest absolute Gasteiger partial charge is 1.00 e. The van der Waals surface area contributed by atoms with Crippen LogP contribution in [0.5, 0.6) is 0 Å². The van der Waals surface area contributed by atoms with Gasteiger partial charge in [0.15, 0.2) is 23.8 Å². The number of halogens is 4. The summed E-state index contributed by atoms with van der Waals surface area (Å²) in [7, 11) is 0. The van der Waals surface area contributed by atoms with Crippen LogP contribution in [0.1, 0.15) is 213 Å². The van der Waals surface area contributed by atoms with Gasteiger partial charge in [0.25, 0.3) is 0 Å². The third-order valence-corrected chi connectivity index (χ3v) is 22.0. The maximum absolute atomic E-state index is 6.69. The van der Waals surface area contributed by atoms with Crippen LogP contribution in [-0.2, 0) is 39.0 Å². The van der Waals surface area contributed by atoms with Crippen molar-refractivity contribution < 1.29 is 120 Å². The molecular formula is C94H114I4N10O. The van der Waals surface area contributed by atoms with Crippen molar-refractivity contribution in [1.29, 1.82) is 0 Å². The Bertz CT molecular complexity index is 4680. The zero-order chi connectivity index (χ0) is 71.7. The van der Waals surface area contributed by atoms with E-state index in [0.29, 0.717) is 11.8 Å². The Morgan fingerprint density at radius 3 is 1.10 bits per heavy atom. The summed E-state index contributed by atoms with van der Waals surface area (Å²) in [5, 5.41) is 7.14. The number of nitrogens with two attached hydrogens (primary N) is 4. The lowest BCUT2D eigenvalue weighted by Crippen LogP contribution is -3.00. The molecule has 2 atom stereocenters. The van der Waals surface area contributed by atoms with Gasteiger partial charge in [0, 0.05) is 156 Å². The van der Waals surface area contributed by atoms with Crippen LogP contribution in [0.2, 0.25) is 0 Å². The van der Waals surface area contributed by atoms with E-state index in [-0.39, 0.29) is 101 Å². The van der Waals surface area contributed by atoms with Gasteiger partial charge in [-0.25, -0.2) is 0 Å². The molecule has 6 aromatic carbocycles. The molecule has 0 spiro atoms. The number of nitrogen functional groups attached to an aromatic ring is 4. The topological polar surface area (TPSA) is 177 Å². The van der Waals surface area contributed by atoms with Crippen LogP contribution in [0, 0.1) is 37.5 Å². The van der Waals surface area contributed by atoms with E-state index in [1.54, 1.807) is 0 Å². The number of hydrogen-bond acceptors (Lipinski definition) is 6. The minimum absolute atomic E-state index is 0. The van der Waals surface area contributed by atoms with Gasteiger partial charge >= 0.3 is 0 Å². The van der Waals surface area contributed by atoms with Gasteiger partial charge in [-0.15, -0.1) is 0 Å². The highest BCUT2D eigenvalue weighted by atomic mass is 127. The average Bonchev–Trinajstić information content (AvgIpc) is 0.779. The van der Waals surface area contributed by atoms with E-state index in [0.717, 1.165) is 120 Å². The van der Waals surface area contributed by atoms with Crippen molar-refractivity contribution in [3.8, 4) is 23.7 Å². The monoisotopic (exact) mass is 1910 g/mol. The molecule has 0 bridgehead atoms. The number of rotatable bonds is 28. The lowest BCUT2D eigenvalue weighted by molar-refractivity contribution is -0.677. The molecule has 0 aliphatic heterocycles. The lowest BCUT2D eigenvalue weighted by Gasteiger charge is -2.27. The minimum atomic E-state index is 0. The number of aromatic nitrogens is 6. The highest BCUT2D eigenvalue weighted by Crippen LogP contribution is 2.43. The highest BCUT2D eigenvalue weighted by Gasteiger charge is 2.27. The Morgan fingerprint density at radius 1 is 0.367 bits per heavy atom. The van der Waals surface area contributed by atoms with Gasteiger partial charge in [-0.3, -0.25) is 9.97 Å². The van der Waals surface area contributed by atoms with Gasteiger partial charge in [-0.2, -0.15) is 18.3 Å². The Labute approximate surface area is 717 Å². The Kier molecular flexibility index (Phi) is 38.2. The average molecular weight is 1910 g/mol. The van der Waals surface area contributed by atoms with Crippen LogP contribution in [0.4, 0.5) is 22.7 Å². The highest BCUT2D eigenvalue weighted by molar-refractivity contribution is 5.94. The van der Waals surface area contributed by atoms with Crippen LogP contribution in [0.25, 0.3) is 65.4 Å². The van der Waals surface area contributed by atoms with Crippen LogP contribution in [0.3, 0.4) is 0 Å². The number of aryl methyl sites for hydroxylation is 8. The zero-order valence-electron chi connectivity index (χ0n) is 64.3. The van der Waals surface area contributed by atoms with E-state index in [1.807, 2.05) is 24.3 Å². The molecule has 12 aromatic rings. The standard InChI is InChI=1S/C36H46N4.C30H30N4.C28H34N2.4HI.H2O/c37-35-27-19-9-11-21-29(27)39-31-23-13-17-25(33(31)35)15-7-5-3-1-2-4-6-8-16-26-18-14-24-32-34(26)36(38)28-20-10-12-22-30(28)40-32;1-23-21-27(31)25-15-9-11-17-29(25)33(23)19-13-7-5-3-4-6-8-14-20-34-24(2)22-28(32)26-16-10-12-18-30(26)34;1(3-5-11-21-29-23-13-17-25-15-7-9-19-27(25)29)2-4-6-12-22-30-24-14-18-26-16-8-10-20-28(26)30;;;;;/h9-12,19-22,25-26H,1-8,13-18,23-24H2,(H2,37,39)(H2,38,40);9-12,15-18,21-22,31-32H,7-8,13-14,19-20H2,1-2H3;7-10,13-20,23-24H,1-6,11-12,21-22H2;4*1H;1H2/q;;+2;;;;;/p-2. The maximum atomic E-state index is 6.69. The maximum Gasteiger partial charge on any atom is 0.214 e. The predicted molar refractivity (Wildman–Crippen MR) is 439 cm³/mol. The molecule has 0 saturated carbocycles. The molecule has 15 heteroatoms. The van der Waals surface area contributed by atoms with E-state index in [9.17, 15) is 0 Å². The van der Waals surface area contributed by atoms with Crippen molar-refractivity contribution in [2.45, 2.75) is 232 Å². The van der Waals surface area contributed by atoms with Gasteiger partial charge in [0.2, 0.25) is 22.1 Å². The number of anilines is 4. The molecule has 14 rings (SSSR count). The summed E-state index contributed by atoms with van der Waals surface area (Å²) in [5.41, 5.74) is 44.2. The molecular weight excluding hydrogens is 1790 g/mol. The first-order valence-electron chi connectivity index (χ1n) is 39.6. The predicted octanol–water partition coefficient (Wildman–Crippen LogP) is 7.59. The summed E-state index contributed by atoms with van der Waals surface area (Å²) in [6, 6.07) is 63.5. The second-order valence-corrected chi connectivity index (χ2v) is 29.4. The van der Waals surface area contributed by atoms with Crippen molar-refractivity contribution >= 4 is 88.2 Å². The zero-order valence-corrected chi connectivity index (χ0v) is 72.9. The van der Waals surface area contributed by atoms with Crippen molar-refractivity contribution in [3.05, 3.63) is 228 Å². The molecule has 10 N–H and O–H groups in total. The summed E-state index contributed by atoms with van der Waals surface area (Å²) in [6.07, 6.45) is 39.2. The van der Waals surface area contributed by atoms with Crippen LogP contribution >= 0.6 is 0 Å². The first-order valence-corrected chi connectivity index (χ1v) is 39.6. The first-order chi connectivity index (χ1) is 51.2. The van der Waals surface area contributed by atoms with E-state index in [4.69, 9.17) is 32.9 Å². The molecule has 109 heavy (non-hydrogen) atoms. The third kappa shape index (κ3) is 24.3. The summed E-state index contributed by atoms with van der Waals surface area (Å²) in [6.45, 7) is 8.30. The molecule has 0 fully saturated rings. The quantitative estimate of drug-likeness (QED) is 0.0170. The molecule has 2 unspecified atom stereocenters. The number of benzene rings is 6. The lowest BCUT2D eigenvalue weighted by atomic mass is 9.80. The number of hydrogen-bond donors (Lipinski definition) is 4. The summed E-state index contributed by atoms with van der Waals surface area (Å²) >= 11 is 0. The number of para-hydroxylation sites is 6. The fraction of sp³-hybridized carbons (Fsp3) is 0.383. The number of fused-ring (bicyclic) bond motifs is 8. The van der Waals surface area contributed by atoms with Gasteiger partial charge in [-0.05, 0) is 136 Å².